The summed E-state index contributed by atoms with van der Waals surface area (Å²) in [4.78, 5) is 1.25. The van der Waals surface area contributed by atoms with E-state index in [1.165, 1.54) is 10.5 Å². The number of hydrogen-bond acceptors (Lipinski definition) is 3. The second-order valence-corrected chi connectivity index (χ2v) is 6.91. The Hall–Kier alpha value is -0.670. The molecule has 0 heterocycles. The predicted octanol–water partition coefficient (Wildman–Crippen LogP) is 3.65. The van der Waals surface area contributed by atoms with Crippen molar-refractivity contribution in [3.05, 3.63) is 23.8 Å². The third-order valence-corrected chi connectivity index (χ3v) is 3.92. The van der Waals surface area contributed by atoms with E-state index >= 15 is 0 Å². The van der Waals surface area contributed by atoms with Gasteiger partial charge in [-0.2, -0.15) is 0 Å². The van der Waals surface area contributed by atoms with Gasteiger partial charge < -0.3 is 10.5 Å². The van der Waals surface area contributed by atoms with Gasteiger partial charge in [-0.25, -0.2) is 0 Å². The molecule has 0 fully saturated rings. The third-order valence-electron chi connectivity index (χ3n) is 2.71. The zero-order chi connectivity index (χ0) is 13.1. The maximum Gasteiger partial charge on any atom is 0.122 e. The average Bonchev–Trinajstić information content (AvgIpc) is 2.28. The van der Waals surface area contributed by atoms with Gasteiger partial charge in [-0.15, -0.1) is 11.8 Å². The molecule has 2 N–H and O–H groups in total. The maximum absolute atomic E-state index is 5.76. The van der Waals surface area contributed by atoms with Gasteiger partial charge >= 0.3 is 0 Å². The molecular weight excluding hydrogens is 230 g/mol. The quantitative estimate of drug-likeness (QED) is 0.814. The lowest BCUT2D eigenvalue weighted by Gasteiger charge is -2.22. The van der Waals surface area contributed by atoms with Gasteiger partial charge in [0.1, 0.15) is 5.75 Å². The van der Waals surface area contributed by atoms with Crippen molar-refractivity contribution in [2.75, 3.05) is 13.7 Å². The van der Waals surface area contributed by atoms with Crippen LogP contribution >= 0.6 is 11.8 Å². The number of benzene rings is 1. The van der Waals surface area contributed by atoms with Gasteiger partial charge in [0.25, 0.3) is 0 Å². The molecule has 0 aliphatic rings. The van der Waals surface area contributed by atoms with Gasteiger partial charge in [0, 0.05) is 16.2 Å². The predicted molar refractivity (Wildman–Crippen MR) is 76.1 cm³/mol. The highest BCUT2D eigenvalue weighted by molar-refractivity contribution is 8.00. The van der Waals surface area contributed by atoms with Gasteiger partial charge in [-0.1, -0.05) is 13.8 Å². The Morgan fingerprint density at radius 1 is 1.35 bits per heavy atom. The van der Waals surface area contributed by atoms with Crippen LogP contribution in [-0.4, -0.2) is 18.4 Å². The number of ether oxygens (including phenoxy) is 1. The lowest BCUT2D eigenvalue weighted by molar-refractivity contribution is 0.407. The molecule has 1 rings (SSSR count). The van der Waals surface area contributed by atoms with Gasteiger partial charge in [-0.3, -0.25) is 0 Å². The van der Waals surface area contributed by atoms with Crippen LogP contribution in [0.25, 0.3) is 0 Å². The zero-order valence-electron chi connectivity index (χ0n) is 11.4. The lowest BCUT2D eigenvalue weighted by atomic mass is 10.0. The molecule has 96 valence electrons. The Morgan fingerprint density at radius 3 is 2.47 bits per heavy atom. The van der Waals surface area contributed by atoms with E-state index in [0.29, 0.717) is 12.5 Å². The summed E-state index contributed by atoms with van der Waals surface area (Å²) in [6, 6.07) is 6.36. The highest BCUT2D eigenvalue weighted by atomic mass is 32.2. The molecule has 17 heavy (non-hydrogen) atoms. The van der Waals surface area contributed by atoms with Crippen LogP contribution in [0, 0.1) is 0 Å². The van der Waals surface area contributed by atoms with E-state index in [0.717, 1.165) is 5.75 Å². The highest BCUT2D eigenvalue weighted by Gasteiger charge is 2.18. The van der Waals surface area contributed by atoms with E-state index in [4.69, 9.17) is 10.5 Å². The standard InChI is InChI=1S/C14H23NOS/c1-10(2)12-8-11(6-7-13(12)16-5)17-14(3,4)9-15/h6-8,10H,9,15H2,1-5H3. The Labute approximate surface area is 109 Å². The summed E-state index contributed by atoms with van der Waals surface area (Å²) in [6.45, 7) is 9.36. The minimum atomic E-state index is 0.0723. The van der Waals surface area contributed by atoms with Crippen LogP contribution in [0.2, 0.25) is 0 Å². The van der Waals surface area contributed by atoms with Crippen LogP contribution < -0.4 is 10.5 Å². The molecule has 0 bridgehead atoms. The van der Waals surface area contributed by atoms with Crippen LogP contribution in [0.1, 0.15) is 39.2 Å². The number of nitrogens with two attached hydrogens (primary N) is 1. The minimum Gasteiger partial charge on any atom is -0.496 e. The van der Waals surface area contributed by atoms with Crippen LogP contribution in [0.4, 0.5) is 0 Å². The highest BCUT2D eigenvalue weighted by Crippen LogP contribution is 2.36. The van der Waals surface area contributed by atoms with Crippen LogP contribution in [0.15, 0.2) is 23.1 Å². The molecule has 1 aromatic rings. The first-order valence-electron chi connectivity index (χ1n) is 5.96. The SMILES string of the molecule is COc1ccc(SC(C)(C)CN)cc1C(C)C. The molecule has 0 saturated heterocycles. The van der Waals surface area contributed by atoms with Gasteiger partial charge in [-0.05, 0) is 43.5 Å². The molecule has 0 aliphatic heterocycles. The first kappa shape index (κ1) is 14.4. The molecule has 0 aromatic heterocycles. The summed E-state index contributed by atoms with van der Waals surface area (Å²) in [7, 11) is 1.72. The van der Waals surface area contributed by atoms with Crippen molar-refractivity contribution in [3.8, 4) is 5.75 Å². The zero-order valence-corrected chi connectivity index (χ0v) is 12.2. The van der Waals surface area contributed by atoms with Gasteiger partial charge in [0.2, 0.25) is 0 Å². The molecule has 0 aliphatic carbocycles. The Bertz CT molecular complexity index is 374. The van der Waals surface area contributed by atoms with E-state index < -0.39 is 0 Å². The fraction of sp³-hybridized carbons (Fsp3) is 0.571. The van der Waals surface area contributed by atoms with Gasteiger partial charge in [0.15, 0.2) is 0 Å². The van der Waals surface area contributed by atoms with Crippen molar-refractivity contribution < 1.29 is 4.74 Å². The minimum absolute atomic E-state index is 0.0723. The van der Waals surface area contributed by atoms with E-state index in [-0.39, 0.29) is 4.75 Å². The first-order valence-corrected chi connectivity index (χ1v) is 6.78. The molecule has 0 atom stereocenters. The first-order chi connectivity index (χ1) is 7.89. The Kier molecular flexibility index (Phi) is 4.90. The largest absolute Gasteiger partial charge is 0.496 e. The topological polar surface area (TPSA) is 35.2 Å². The fourth-order valence-corrected chi connectivity index (χ4v) is 2.63. The summed E-state index contributed by atoms with van der Waals surface area (Å²) in [6.07, 6.45) is 0. The number of thioether (sulfide) groups is 1. The lowest BCUT2D eigenvalue weighted by Crippen LogP contribution is -2.26. The summed E-state index contributed by atoms with van der Waals surface area (Å²) in [5.41, 5.74) is 7.02. The van der Waals surface area contributed by atoms with E-state index in [1.807, 2.05) is 17.8 Å². The van der Waals surface area contributed by atoms with E-state index in [2.05, 4.69) is 39.8 Å². The fourth-order valence-electron chi connectivity index (χ4n) is 1.59. The molecule has 0 radical (unpaired) electrons. The molecule has 3 heteroatoms. The van der Waals surface area contributed by atoms with Crippen molar-refractivity contribution in [1.29, 1.82) is 0 Å². The van der Waals surface area contributed by atoms with Crippen molar-refractivity contribution in [1.82, 2.24) is 0 Å². The second kappa shape index (κ2) is 5.78. The number of hydrogen-bond donors (Lipinski definition) is 1. The molecule has 0 spiro atoms. The number of methoxy groups -OCH3 is 1. The molecular formula is C14H23NOS. The monoisotopic (exact) mass is 253 g/mol. The van der Waals surface area contributed by atoms with Crippen molar-refractivity contribution in [2.24, 2.45) is 5.73 Å². The molecule has 0 unspecified atom stereocenters. The Morgan fingerprint density at radius 2 is 2.00 bits per heavy atom. The maximum atomic E-state index is 5.76. The Balaban J connectivity index is 3.00. The second-order valence-electron chi connectivity index (χ2n) is 5.12. The van der Waals surface area contributed by atoms with Crippen molar-refractivity contribution in [2.45, 2.75) is 43.3 Å². The molecule has 0 saturated carbocycles. The molecule has 2 nitrogen and oxygen atoms in total. The van der Waals surface area contributed by atoms with Gasteiger partial charge in [0.05, 0.1) is 7.11 Å². The third kappa shape index (κ3) is 3.93. The smallest absolute Gasteiger partial charge is 0.122 e. The molecule has 1 aromatic carbocycles. The van der Waals surface area contributed by atoms with Crippen molar-refractivity contribution in [3.63, 3.8) is 0 Å². The van der Waals surface area contributed by atoms with Crippen molar-refractivity contribution >= 4 is 11.8 Å². The normalized spacial score (nSPS) is 11.9. The average molecular weight is 253 g/mol. The van der Waals surface area contributed by atoms with Crippen LogP contribution in [0.3, 0.4) is 0 Å². The summed E-state index contributed by atoms with van der Waals surface area (Å²) in [5.74, 6) is 1.43. The summed E-state index contributed by atoms with van der Waals surface area (Å²) >= 11 is 1.82. The van der Waals surface area contributed by atoms with Crippen LogP contribution in [0.5, 0.6) is 5.75 Å². The molecule has 0 amide bonds. The summed E-state index contributed by atoms with van der Waals surface area (Å²) < 4.78 is 5.46. The van der Waals surface area contributed by atoms with E-state index in [9.17, 15) is 0 Å². The van der Waals surface area contributed by atoms with E-state index in [1.54, 1.807) is 7.11 Å². The van der Waals surface area contributed by atoms with Crippen LogP contribution in [-0.2, 0) is 0 Å². The number of rotatable bonds is 5. The summed E-state index contributed by atoms with van der Waals surface area (Å²) in [5, 5.41) is 0.